The number of nitrogens with one attached hydrogen (secondary N) is 3. The quantitative estimate of drug-likeness (QED) is 0.411. The minimum absolute atomic E-state index is 0.172. The van der Waals surface area contributed by atoms with Gasteiger partial charge in [0.1, 0.15) is 0 Å². The lowest BCUT2D eigenvalue weighted by Crippen LogP contribution is -2.51. The lowest BCUT2D eigenvalue weighted by molar-refractivity contribution is 0.150. The molecule has 1 saturated heterocycles. The van der Waals surface area contributed by atoms with E-state index in [2.05, 4.69) is 46.6 Å². The van der Waals surface area contributed by atoms with Crippen molar-refractivity contribution in [3.63, 3.8) is 0 Å². The zero-order valence-electron chi connectivity index (χ0n) is 15.6. The highest BCUT2D eigenvalue weighted by atomic mass is 15.2. The third-order valence-electron chi connectivity index (χ3n) is 5.01. The summed E-state index contributed by atoms with van der Waals surface area (Å²) in [5.41, 5.74) is 0.172. The van der Waals surface area contributed by atoms with Crippen LogP contribution in [0, 0.1) is 0 Å². The molecular weight excluding hydrogens is 286 g/mol. The molecule has 2 rings (SSSR count). The number of hydrogen-bond acceptors (Lipinski definition) is 3. The van der Waals surface area contributed by atoms with E-state index in [0.29, 0.717) is 6.04 Å². The third kappa shape index (κ3) is 6.68. The summed E-state index contributed by atoms with van der Waals surface area (Å²) in [6, 6.07) is 1.44. The molecule has 1 aliphatic heterocycles. The van der Waals surface area contributed by atoms with Crippen molar-refractivity contribution in [3.05, 3.63) is 0 Å². The first-order valence-corrected chi connectivity index (χ1v) is 9.44. The molecule has 23 heavy (non-hydrogen) atoms. The molecular formula is C18H37N5. The second-order valence-electron chi connectivity index (χ2n) is 8.07. The Bertz CT molecular complexity index is 360. The van der Waals surface area contributed by atoms with Crippen LogP contribution in [0.4, 0.5) is 0 Å². The van der Waals surface area contributed by atoms with Crippen molar-refractivity contribution < 1.29 is 0 Å². The zero-order valence-corrected chi connectivity index (χ0v) is 15.6. The molecule has 5 nitrogen and oxygen atoms in total. The van der Waals surface area contributed by atoms with Gasteiger partial charge in [-0.1, -0.05) is 12.8 Å². The van der Waals surface area contributed by atoms with Crippen molar-refractivity contribution in [2.45, 2.75) is 76.9 Å². The first-order chi connectivity index (χ1) is 11.0. The van der Waals surface area contributed by atoms with Crippen LogP contribution in [0.15, 0.2) is 4.99 Å². The topological polar surface area (TPSA) is 51.7 Å². The maximum atomic E-state index is 4.37. The van der Waals surface area contributed by atoms with Gasteiger partial charge in [0.05, 0.1) is 0 Å². The first-order valence-electron chi connectivity index (χ1n) is 9.44. The lowest BCUT2D eigenvalue weighted by Gasteiger charge is -2.36. The Morgan fingerprint density at radius 1 is 1.04 bits per heavy atom. The summed E-state index contributed by atoms with van der Waals surface area (Å²) in [7, 11) is 1.86. The van der Waals surface area contributed by atoms with Gasteiger partial charge >= 0.3 is 0 Å². The van der Waals surface area contributed by atoms with Crippen LogP contribution in [-0.4, -0.2) is 61.7 Å². The molecule has 0 spiro atoms. The van der Waals surface area contributed by atoms with E-state index < -0.39 is 0 Å². The molecule has 1 heterocycles. The van der Waals surface area contributed by atoms with Crippen LogP contribution in [0.2, 0.25) is 0 Å². The number of hydrogen-bond donors (Lipinski definition) is 3. The predicted octanol–water partition coefficient (Wildman–Crippen LogP) is 1.95. The van der Waals surface area contributed by atoms with Gasteiger partial charge in [-0.25, -0.2) is 0 Å². The lowest BCUT2D eigenvalue weighted by atomic mass is 10.0. The maximum absolute atomic E-state index is 4.37. The second kappa shape index (κ2) is 8.88. The van der Waals surface area contributed by atoms with Crippen molar-refractivity contribution in [2.24, 2.45) is 4.99 Å². The summed E-state index contributed by atoms with van der Waals surface area (Å²) in [5.74, 6) is 0.944. The van der Waals surface area contributed by atoms with Crippen LogP contribution in [0.25, 0.3) is 0 Å². The highest BCUT2D eigenvalue weighted by Gasteiger charge is 2.27. The molecule has 2 fully saturated rings. The first kappa shape index (κ1) is 18.5. The van der Waals surface area contributed by atoms with Crippen LogP contribution < -0.4 is 16.0 Å². The van der Waals surface area contributed by atoms with E-state index in [1.807, 2.05) is 7.05 Å². The van der Waals surface area contributed by atoms with Gasteiger partial charge in [-0.05, 0) is 46.5 Å². The number of aliphatic imine (C=N–C) groups is 1. The highest BCUT2D eigenvalue weighted by Crippen LogP contribution is 2.26. The number of piperidine rings is 1. The number of nitrogens with zero attached hydrogens (tertiary/aromatic N) is 2. The minimum atomic E-state index is 0.172. The van der Waals surface area contributed by atoms with Crippen molar-refractivity contribution in [2.75, 3.05) is 33.2 Å². The fourth-order valence-electron chi connectivity index (χ4n) is 3.68. The highest BCUT2D eigenvalue weighted by molar-refractivity contribution is 5.79. The Morgan fingerprint density at radius 2 is 1.70 bits per heavy atom. The molecule has 0 aromatic carbocycles. The van der Waals surface area contributed by atoms with Crippen molar-refractivity contribution in [1.82, 2.24) is 20.9 Å². The van der Waals surface area contributed by atoms with E-state index in [9.17, 15) is 0 Å². The van der Waals surface area contributed by atoms with E-state index in [4.69, 9.17) is 0 Å². The zero-order chi connectivity index (χ0) is 16.7. The molecule has 0 atom stereocenters. The van der Waals surface area contributed by atoms with E-state index in [1.54, 1.807) is 0 Å². The van der Waals surface area contributed by atoms with Crippen LogP contribution in [0.3, 0.4) is 0 Å². The average Bonchev–Trinajstić information content (AvgIpc) is 3.04. The summed E-state index contributed by atoms with van der Waals surface area (Å²) in [6.45, 7) is 10.9. The van der Waals surface area contributed by atoms with Gasteiger partial charge in [-0.2, -0.15) is 0 Å². The fourth-order valence-corrected chi connectivity index (χ4v) is 3.68. The third-order valence-corrected chi connectivity index (χ3v) is 5.01. The van der Waals surface area contributed by atoms with Gasteiger partial charge in [0.2, 0.25) is 0 Å². The van der Waals surface area contributed by atoms with Gasteiger partial charge < -0.3 is 20.9 Å². The molecule has 2 aliphatic rings. The van der Waals surface area contributed by atoms with Gasteiger partial charge in [-0.15, -0.1) is 0 Å². The minimum Gasteiger partial charge on any atom is -0.355 e. The molecule has 5 heteroatoms. The number of guanidine groups is 1. The summed E-state index contributed by atoms with van der Waals surface area (Å²) >= 11 is 0. The molecule has 0 bridgehead atoms. The van der Waals surface area contributed by atoms with Crippen molar-refractivity contribution in [3.8, 4) is 0 Å². The Hall–Kier alpha value is -0.810. The van der Waals surface area contributed by atoms with E-state index >= 15 is 0 Å². The monoisotopic (exact) mass is 323 g/mol. The van der Waals surface area contributed by atoms with Crippen molar-refractivity contribution in [1.29, 1.82) is 0 Å². The molecule has 1 saturated carbocycles. The number of rotatable bonds is 5. The standard InChI is InChI=1S/C18H37N5/c1-18(2,3)21-12-11-20-17(19-4)22-15-9-13-23(14-10-15)16-7-5-6-8-16/h15-16,21H,5-14H2,1-4H3,(H2,19,20,22). The molecule has 134 valence electrons. The summed E-state index contributed by atoms with van der Waals surface area (Å²) in [4.78, 5) is 7.08. The molecule has 3 N–H and O–H groups in total. The van der Waals surface area contributed by atoms with E-state index in [-0.39, 0.29) is 5.54 Å². The van der Waals surface area contributed by atoms with Gasteiger partial charge in [0, 0.05) is 50.8 Å². The summed E-state index contributed by atoms with van der Waals surface area (Å²) in [5, 5.41) is 10.5. The Balaban J connectivity index is 1.63. The van der Waals surface area contributed by atoms with Crippen LogP contribution in [0.5, 0.6) is 0 Å². The predicted molar refractivity (Wildman–Crippen MR) is 99.1 cm³/mol. The normalized spacial score (nSPS) is 22.5. The Labute approximate surface area is 142 Å². The van der Waals surface area contributed by atoms with Crippen molar-refractivity contribution >= 4 is 5.96 Å². The largest absolute Gasteiger partial charge is 0.355 e. The van der Waals surface area contributed by atoms with Gasteiger partial charge in [0.15, 0.2) is 5.96 Å². The number of likely N-dealkylation sites (tertiary alicyclic amines) is 1. The van der Waals surface area contributed by atoms with Crippen LogP contribution in [-0.2, 0) is 0 Å². The molecule has 1 aliphatic carbocycles. The van der Waals surface area contributed by atoms with Crippen LogP contribution >= 0.6 is 0 Å². The SMILES string of the molecule is CN=C(NCCNC(C)(C)C)NC1CCN(C2CCCC2)CC1. The fraction of sp³-hybridized carbons (Fsp3) is 0.944. The van der Waals surface area contributed by atoms with E-state index in [0.717, 1.165) is 25.1 Å². The molecule has 0 aromatic heterocycles. The average molecular weight is 324 g/mol. The molecule has 0 amide bonds. The summed E-state index contributed by atoms with van der Waals surface area (Å²) < 4.78 is 0. The van der Waals surface area contributed by atoms with E-state index in [1.165, 1.54) is 51.6 Å². The smallest absolute Gasteiger partial charge is 0.191 e. The van der Waals surface area contributed by atoms with Gasteiger partial charge in [-0.3, -0.25) is 4.99 Å². The Kier molecular flexibility index (Phi) is 7.15. The Morgan fingerprint density at radius 3 is 2.26 bits per heavy atom. The maximum Gasteiger partial charge on any atom is 0.191 e. The molecule has 0 aromatic rings. The van der Waals surface area contributed by atoms with Crippen LogP contribution in [0.1, 0.15) is 59.3 Å². The molecule has 0 radical (unpaired) electrons. The molecule has 0 unspecified atom stereocenters. The van der Waals surface area contributed by atoms with Gasteiger partial charge in [0.25, 0.3) is 0 Å². The second-order valence-corrected chi connectivity index (χ2v) is 8.07. The summed E-state index contributed by atoms with van der Waals surface area (Å²) in [6.07, 6.45) is 8.17.